The number of ether oxygens (including phenoxy) is 1. The van der Waals surface area contributed by atoms with Gasteiger partial charge < -0.3 is 15.8 Å². The molecule has 96 valence electrons. The normalized spacial score (nSPS) is 13.6. The summed E-state index contributed by atoms with van der Waals surface area (Å²) >= 11 is 0. The summed E-state index contributed by atoms with van der Waals surface area (Å²) in [6.07, 6.45) is 2.39. The zero-order chi connectivity index (χ0) is 12.6. The second-order valence-corrected chi connectivity index (χ2v) is 4.35. The molecule has 0 rings (SSSR count). The van der Waals surface area contributed by atoms with Crippen molar-refractivity contribution in [1.82, 2.24) is 5.32 Å². The molecule has 4 heteroatoms. The highest BCUT2D eigenvalue weighted by Gasteiger charge is 2.33. The Hall–Kier alpha value is -0.610. The molecule has 1 amide bonds. The molecule has 0 aliphatic heterocycles. The van der Waals surface area contributed by atoms with Crippen LogP contribution in [0.5, 0.6) is 0 Å². The third-order valence-electron chi connectivity index (χ3n) is 3.36. The van der Waals surface area contributed by atoms with Gasteiger partial charge in [-0.15, -0.1) is 0 Å². The van der Waals surface area contributed by atoms with E-state index in [1.165, 1.54) is 0 Å². The molecule has 0 aliphatic carbocycles. The van der Waals surface area contributed by atoms with Crippen LogP contribution >= 0.6 is 0 Å². The van der Waals surface area contributed by atoms with Gasteiger partial charge >= 0.3 is 0 Å². The molecule has 0 aromatic heterocycles. The van der Waals surface area contributed by atoms with Gasteiger partial charge in [0.25, 0.3) is 0 Å². The molecule has 1 unspecified atom stereocenters. The minimum absolute atomic E-state index is 0.0728. The zero-order valence-corrected chi connectivity index (χ0v) is 11.0. The van der Waals surface area contributed by atoms with E-state index < -0.39 is 5.41 Å². The average molecular weight is 230 g/mol. The fraction of sp³-hybridized carbons (Fsp3) is 0.917. The third-order valence-corrected chi connectivity index (χ3v) is 3.36. The van der Waals surface area contributed by atoms with Crippen LogP contribution in [-0.2, 0) is 9.53 Å². The first-order valence-electron chi connectivity index (χ1n) is 6.06. The first kappa shape index (κ1) is 15.4. The number of carbonyl (C=O) groups is 1. The summed E-state index contributed by atoms with van der Waals surface area (Å²) in [7, 11) is 1.66. The van der Waals surface area contributed by atoms with Crippen LogP contribution in [0.2, 0.25) is 0 Å². The van der Waals surface area contributed by atoms with Crippen molar-refractivity contribution in [3.8, 4) is 0 Å². The summed E-state index contributed by atoms with van der Waals surface area (Å²) in [5.41, 5.74) is 5.32. The summed E-state index contributed by atoms with van der Waals surface area (Å²) in [6, 6.07) is 0.136. The van der Waals surface area contributed by atoms with E-state index in [0.29, 0.717) is 13.2 Å². The first-order chi connectivity index (χ1) is 7.56. The fourth-order valence-electron chi connectivity index (χ4n) is 1.70. The highest BCUT2D eigenvalue weighted by atomic mass is 16.5. The van der Waals surface area contributed by atoms with Crippen LogP contribution in [0.25, 0.3) is 0 Å². The van der Waals surface area contributed by atoms with Crippen molar-refractivity contribution in [3.63, 3.8) is 0 Å². The van der Waals surface area contributed by atoms with Gasteiger partial charge in [-0.05, 0) is 26.2 Å². The van der Waals surface area contributed by atoms with Gasteiger partial charge in [0.15, 0.2) is 0 Å². The van der Waals surface area contributed by atoms with E-state index in [-0.39, 0.29) is 11.9 Å². The van der Waals surface area contributed by atoms with Gasteiger partial charge in [-0.1, -0.05) is 13.8 Å². The van der Waals surface area contributed by atoms with E-state index in [1.54, 1.807) is 7.11 Å². The van der Waals surface area contributed by atoms with Crippen LogP contribution in [0.1, 0.15) is 40.0 Å². The molecule has 16 heavy (non-hydrogen) atoms. The molecule has 0 fully saturated rings. The lowest BCUT2D eigenvalue weighted by molar-refractivity contribution is -0.131. The van der Waals surface area contributed by atoms with Crippen molar-refractivity contribution < 1.29 is 9.53 Å². The highest BCUT2D eigenvalue weighted by Crippen LogP contribution is 2.25. The number of carbonyl (C=O) groups excluding carboxylic acids is 1. The molecule has 4 nitrogen and oxygen atoms in total. The maximum atomic E-state index is 12.1. The molecule has 0 spiro atoms. The quantitative estimate of drug-likeness (QED) is 0.660. The molecule has 1 atom stereocenters. The molecule has 0 aromatic rings. The van der Waals surface area contributed by atoms with E-state index in [4.69, 9.17) is 10.5 Å². The largest absolute Gasteiger partial charge is 0.385 e. The minimum atomic E-state index is -0.401. The van der Waals surface area contributed by atoms with Gasteiger partial charge in [-0.3, -0.25) is 4.79 Å². The Balaban J connectivity index is 4.30. The lowest BCUT2D eigenvalue weighted by Gasteiger charge is -2.30. The van der Waals surface area contributed by atoms with Gasteiger partial charge in [0, 0.05) is 26.3 Å². The number of hydrogen-bond donors (Lipinski definition) is 2. The maximum absolute atomic E-state index is 12.1. The van der Waals surface area contributed by atoms with Crippen LogP contribution in [0.15, 0.2) is 0 Å². The smallest absolute Gasteiger partial charge is 0.227 e. The number of nitrogens with two attached hydrogens (primary N) is 1. The lowest BCUT2D eigenvalue weighted by atomic mass is 9.81. The van der Waals surface area contributed by atoms with Gasteiger partial charge in [0.1, 0.15) is 0 Å². The SMILES string of the molecule is CCC(CC)(CN)C(=O)NC(C)CCOC. The zero-order valence-electron chi connectivity index (χ0n) is 11.0. The van der Waals surface area contributed by atoms with Crippen molar-refractivity contribution in [3.05, 3.63) is 0 Å². The number of amides is 1. The average Bonchev–Trinajstić information content (AvgIpc) is 2.29. The Labute approximate surface area is 98.9 Å². The van der Waals surface area contributed by atoms with Gasteiger partial charge in [0.2, 0.25) is 5.91 Å². The predicted octanol–water partition coefficient (Wildman–Crippen LogP) is 1.29. The van der Waals surface area contributed by atoms with Gasteiger partial charge in [-0.2, -0.15) is 0 Å². The molecule has 0 saturated carbocycles. The Morgan fingerprint density at radius 1 is 1.44 bits per heavy atom. The summed E-state index contributed by atoms with van der Waals surface area (Å²) < 4.78 is 4.98. The molecular formula is C12H26N2O2. The molecule has 0 heterocycles. The molecule has 0 aromatic carbocycles. The van der Waals surface area contributed by atoms with Crippen molar-refractivity contribution >= 4 is 5.91 Å². The molecule has 0 bridgehead atoms. The summed E-state index contributed by atoms with van der Waals surface area (Å²) in [6.45, 7) is 7.08. The molecule has 0 radical (unpaired) electrons. The highest BCUT2D eigenvalue weighted by molar-refractivity contribution is 5.83. The van der Waals surface area contributed by atoms with Crippen molar-refractivity contribution in [2.45, 2.75) is 46.1 Å². The van der Waals surface area contributed by atoms with Crippen molar-refractivity contribution in [2.75, 3.05) is 20.3 Å². The van der Waals surface area contributed by atoms with E-state index in [9.17, 15) is 4.79 Å². The third kappa shape index (κ3) is 4.10. The van der Waals surface area contributed by atoms with Crippen molar-refractivity contribution in [1.29, 1.82) is 0 Å². The number of rotatable bonds is 8. The first-order valence-corrected chi connectivity index (χ1v) is 6.06. The Kier molecular flexibility index (Phi) is 7.34. The lowest BCUT2D eigenvalue weighted by Crippen LogP contribution is -2.48. The molecule has 0 saturated heterocycles. The topological polar surface area (TPSA) is 64.4 Å². The van der Waals surface area contributed by atoms with Crippen LogP contribution in [0.3, 0.4) is 0 Å². The van der Waals surface area contributed by atoms with Crippen LogP contribution in [-0.4, -0.2) is 32.2 Å². The standard InChI is InChI=1S/C12H26N2O2/c1-5-12(6-2,9-13)11(15)14-10(3)7-8-16-4/h10H,5-9,13H2,1-4H3,(H,14,15). The Morgan fingerprint density at radius 2 is 2.00 bits per heavy atom. The van der Waals surface area contributed by atoms with E-state index in [2.05, 4.69) is 5.32 Å². The van der Waals surface area contributed by atoms with Gasteiger partial charge in [-0.25, -0.2) is 0 Å². The maximum Gasteiger partial charge on any atom is 0.227 e. The van der Waals surface area contributed by atoms with Crippen LogP contribution in [0, 0.1) is 5.41 Å². The number of hydrogen-bond acceptors (Lipinski definition) is 3. The second-order valence-electron chi connectivity index (χ2n) is 4.35. The second kappa shape index (κ2) is 7.63. The molecular weight excluding hydrogens is 204 g/mol. The predicted molar refractivity (Wildman–Crippen MR) is 66.2 cm³/mol. The van der Waals surface area contributed by atoms with Gasteiger partial charge in [0.05, 0.1) is 5.41 Å². The van der Waals surface area contributed by atoms with Crippen molar-refractivity contribution in [2.24, 2.45) is 11.1 Å². The Morgan fingerprint density at radius 3 is 2.38 bits per heavy atom. The van der Waals surface area contributed by atoms with E-state index in [0.717, 1.165) is 19.3 Å². The van der Waals surface area contributed by atoms with E-state index >= 15 is 0 Å². The summed E-state index contributed by atoms with van der Waals surface area (Å²) in [4.78, 5) is 12.1. The minimum Gasteiger partial charge on any atom is -0.385 e. The summed E-state index contributed by atoms with van der Waals surface area (Å²) in [5.74, 6) is 0.0728. The Bertz CT molecular complexity index is 195. The molecule has 0 aliphatic rings. The summed E-state index contributed by atoms with van der Waals surface area (Å²) in [5, 5.41) is 3.01. The molecule has 3 N–H and O–H groups in total. The monoisotopic (exact) mass is 230 g/mol. The van der Waals surface area contributed by atoms with Crippen LogP contribution in [0.4, 0.5) is 0 Å². The number of methoxy groups -OCH3 is 1. The van der Waals surface area contributed by atoms with E-state index in [1.807, 2.05) is 20.8 Å². The van der Waals surface area contributed by atoms with Crippen LogP contribution < -0.4 is 11.1 Å². The fourth-order valence-corrected chi connectivity index (χ4v) is 1.70. The number of nitrogens with one attached hydrogen (secondary N) is 1.